The Bertz CT molecular complexity index is 1300. The van der Waals surface area contributed by atoms with Crippen LogP contribution in [0, 0.1) is 12.7 Å². The van der Waals surface area contributed by atoms with Crippen LogP contribution in [0.25, 0.3) is 33.3 Å². The Kier molecular flexibility index (Phi) is 6.84. The molecule has 3 nitrogen and oxygen atoms in total. The van der Waals surface area contributed by atoms with Gasteiger partial charge in [0.1, 0.15) is 18.2 Å². The average molecular weight is 469 g/mol. The minimum absolute atomic E-state index is 0.416. The molecule has 0 bridgehead atoms. The van der Waals surface area contributed by atoms with Gasteiger partial charge in [0.2, 0.25) is 0 Å². The summed E-state index contributed by atoms with van der Waals surface area (Å²) in [4.78, 5) is 4.47. The second-order valence-corrected chi connectivity index (χ2v) is 7.82. The van der Waals surface area contributed by atoms with Gasteiger partial charge in [0, 0.05) is 23.1 Å². The van der Waals surface area contributed by atoms with E-state index in [4.69, 9.17) is 9.47 Å². The second kappa shape index (κ2) is 9.81. The highest BCUT2D eigenvalue weighted by Crippen LogP contribution is 2.34. The summed E-state index contributed by atoms with van der Waals surface area (Å²) in [6, 6.07) is 17.0. The fourth-order valence-electron chi connectivity index (χ4n) is 3.72. The van der Waals surface area contributed by atoms with Crippen LogP contribution in [0.2, 0.25) is 0 Å². The predicted molar refractivity (Wildman–Crippen MR) is 124 cm³/mol. The number of benzene rings is 3. The fourth-order valence-corrected chi connectivity index (χ4v) is 3.72. The van der Waals surface area contributed by atoms with E-state index in [-0.39, 0.29) is 0 Å². The van der Waals surface area contributed by atoms with E-state index in [1.54, 1.807) is 49.4 Å². The van der Waals surface area contributed by atoms with E-state index in [0.717, 1.165) is 12.1 Å². The number of halogens is 4. The topological polar surface area (TPSA) is 31.4 Å². The minimum Gasteiger partial charge on any atom is -0.491 e. The van der Waals surface area contributed by atoms with Gasteiger partial charge in [0.05, 0.1) is 23.4 Å². The molecule has 0 atom stereocenters. The van der Waals surface area contributed by atoms with E-state index in [1.807, 2.05) is 6.92 Å². The van der Waals surface area contributed by atoms with Crippen molar-refractivity contribution in [3.63, 3.8) is 0 Å². The monoisotopic (exact) mass is 469 g/mol. The number of rotatable bonds is 7. The Balaban J connectivity index is 1.58. The van der Waals surface area contributed by atoms with Crippen LogP contribution < -0.4 is 4.74 Å². The molecule has 0 N–H and O–H groups in total. The van der Waals surface area contributed by atoms with Gasteiger partial charge >= 0.3 is 6.18 Å². The molecule has 4 aromatic rings. The first kappa shape index (κ1) is 23.7. The summed E-state index contributed by atoms with van der Waals surface area (Å²) in [5.74, 6) is 0.250. The zero-order chi connectivity index (χ0) is 24.3. The molecular weight excluding hydrogens is 446 g/mol. The van der Waals surface area contributed by atoms with Gasteiger partial charge < -0.3 is 9.47 Å². The third-order valence-corrected chi connectivity index (χ3v) is 5.47. The molecule has 3 aromatic carbocycles. The van der Waals surface area contributed by atoms with E-state index < -0.39 is 17.6 Å². The van der Waals surface area contributed by atoms with Crippen molar-refractivity contribution in [2.75, 3.05) is 19.8 Å². The molecule has 0 amide bonds. The summed E-state index contributed by atoms with van der Waals surface area (Å²) in [7, 11) is 0. The number of nitrogens with zero attached hydrogens (tertiary/aromatic N) is 1. The normalized spacial score (nSPS) is 11.7. The number of fused-ring (bicyclic) bond motifs is 1. The van der Waals surface area contributed by atoms with Crippen LogP contribution >= 0.6 is 0 Å². The van der Waals surface area contributed by atoms with E-state index in [9.17, 15) is 13.2 Å². The molecule has 34 heavy (non-hydrogen) atoms. The van der Waals surface area contributed by atoms with Crippen LogP contribution in [0.15, 0.2) is 66.7 Å². The molecule has 0 aliphatic rings. The second-order valence-electron chi connectivity index (χ2n) is 7.82. The van der Waals surface area contributed by atoms with Crippen LogP contribution in [0.5, 0.6) is 5.75 Å². The maximum atomic E-state index is 15.0. The molecule has 0 aliphatic carbocycles. The summed E-state index contributed by atoms with van der Waals surface area (Å²) in [6.07, 6.45) is -4.42. The number of aromatic nitrogens is 1. The first-order chi connectivity index (χ1) is 16.3. The minimum atomic E-state index is -4.42. The lowest BCUT2D eigenvalue weighted by Gasteiger charge is -2.12. The largest absolute Gasteiger partial charge is 0.491 e. The third-order valence-electron chi connectivity index (χ3n) is 5.47. The van der Waals surface area contributed by atoms with Crippen LogP contribution in [0.1, 0.15) is 18.1 Å². The Morgan fingerprint density at radius 2 is 1.59 bits per heavy atom. The summed E-state index contributed by atoms with van der Waals surface area (Å²) in [5, 5.41) is 0.416. The maximum absolute atomic E-state index is 15.0. The highest BCUT2D eigenvalue weighted by molar-refractivity contribution is 5.86. The zero-order valence-electron chi connectivity index (χ0n) is 18.7. The van der Waals surface area contributed by atoms with Gasteiger partial charge in [-0.15, -0.1) is 0 Å². The van der Waals surface area contributed by atoms with E-state index in [0.29, 0.717) is 64.4 Å². The summed E-state index contributed by atoms with van der Waals surface area (Å²) < 4.78 is 65.0. The van der Waals surface area contributed by atoms with Crippen molar-refractivity contribution >= 4 is 10.9 Å². The molecular formula is C27H23F4NO2. The standard InChI is InChI=1S/C27H23F4NO2/c1-3-33-12-13-34-21-8-4-18(5-9-21)22-10-6-19(15-24(22)28)26-14-17(2)23-16-20(27(29,30)31)7-11-25(23)32-26/h4-11,14-16H,3,12-13H2,1-2H3. The SMILES string of the molecule is CCOCCOc1ccc(-c2ccc(-c3cc(C)c4cc(C(F)(F)F)ccc4n3)cc2F)cc1. The number of hydrogen-bond donors (Lipinski definition) is 0. The number of pyridine rings is 1. The quantitative estimate of drug-likeness (QED) is 0.208. The third kappa shape index (κ3) is 5.20. The summed E-state index contributed by atoms with van der Waals surface area (Å²) >= 11 is 0. The van der Waals surface area contributed by atoms with Gasteiger partial charge in [-0.1, -0.05) is 24.3 Å². The van der Waals surface area contributed by atoms with Crippen molar-refractivity contribution in [1.29, 1.82) is 0 Å². The molecule has 7 heteroatoms. The van der Waals surface area contributed by atoms with Gasteiger partial charge in [-0.3, -0.25) is 0 Å². The molecule has 176 valence electrons. The summed E-state index contributed by atoms with van der Waals surface area (Å²) in [6.45, 7) is 5.20. The van der Waals surface area contributed by atoms with Gasteiger partial charge in [-0.05, 0) is 67.4 Å². The molecule has 0 saturated carbocycles. The van der Waals surface area contributed by atoms with Gasteiger partial charge in [0.15, 0.2) is 0 Å². The first-order valence-corrected chi connectivity index (χ1v) is 10.9. The van der Waals surface area contributed by atoms with Crippen molar-refractivity contribution in [3.8, 4) is 28.1 Å². The average Bonchev–Trinajstić information content (AvgIpc) is 2.81. The highest BCUT2D eigenvalue weighted by Gasteiger charge is 2.30. The zero-order valence-corrected chi connectivity index (χ0v) is 18.7. The van der Waals surface area contributed by atoms with Crippen molar-refractivity contribution in [1.82, 2.24) is 4.98 Å². The number of aryl methyl sites for hydroxylation is 1. The lowest BCUT2D eigenvalue weighted by atomic mass is 9.99. The lowest BCUT2D eigenvalue weighted by Crippen LogP contribution is -2.06. The smallest absolute Gasteiger partial charge is 0.416 e. The van der Waals surface area contributed by atoms with Crippen LogP contribution in [-0.2, 0) is 10.9 Å². The van der Waals surface area contributed by atoms with Crippen molar-refractivity contribution < 1.29 is 27.0 Å². The molecule has 0 fully saturated rings. The van der Waals surface area contributed by atoms with E-state index >= 15 is 4.39 Å². The van der Waals surface area contributed by atoms with E-state index in [2.05, 4.69) is 4.98 Å². The number of alkyl halides is 3. The molecule has 1 heterocycles. The Labute approximate surface area is 195 Å². The summed E-state index contributed by atoms with van der Waals surface area (Å²) in [5.41, 5.74) is 2.50. The maximum Gasteiger partial charge on any atom is 0.416 e. The highest BCUT2D eigenvalue weighted by atomic mass is 19.4. The molecule has 0 unspecified atom stereocenters. The van der Waals surface area contributed by atoms with Crippen LogP contribution in [0.3, 0.4) is 0 Å². The van der Waals surface area contributed by atoms with Crippen molar-refractivity contribution in [3.05, 3.63) is 83.7 Å². The fraction of sp³-hybridized carbons (Fsp3) is 0.222. The number of hydrogen-bond acceptors (Lipinski definition) is 3. The lowest BCUT2D eigenvalue weighted by molar-refractivity contribution is -0.137. The van der Waals surface area contributed by atoms with Gasteiger partial charge in [-0.25, -0.2) is 9.37 Å². The number of ether oxygens (including phenoxy) is 2. The van der Waals surface area contributed by atoms with Gasteiger partial charge in [0.25, 0.3) is 0 Å². The first-order valence-electron chi connectivity index (χ1n) is 10.9. The Hall–Kier alpha value is -3.45. The van der Waals surface area contributed by atoms with Crippen LogP contribution in [0.4, 0.5) is 17.6 Å². The van der Waals surface area contributed by atoms with Gasteiger partial charge in [-0.2, -0.15) is 13.2 Å². The molecule has 0 aliphatic heterocycles. The van der Waals surface area contributed by atoms with Crippen molar-refractivity contribution in [2.45, 2.75) is 20.0 Å². The molecule has 4 rings (SSSR count). The molecule has 0 radical (unpaired) electrons. The molecule has 0 saturated heterocycles. The molecule has 0 spiro atoms. The van der Waals surface area contributed by atoms with Crippen molar-refractivity contribution in [2.24, 2.45) is 0 Å². The van der Waals surface area contributed by atoms with E-state index in [1.165, 1.54) is 12.1 Å². The Morgan fingerprint density at radius 3 is 2.26 bits per heavy atom. The predicted octanol–water partition coefficient (Wildman–Crippen LogP) is 7.45. The van der Waals surface area contributed by atoms with Crippen LogP contribution in [-0.4, -0.2) is 24.8 Å². The Morgan fingerprint density at radius 1 is 0.853 bits per heavy atom. The molecule has 1 aromatic heterocycles.